The standard InChI is InChI=1S/C28H38O12/c1-12-9-22-28(34,13(2)25(33)39-22)24(38-17(6)32)23-26(7,19(36-15(4)30)10-18(12)35-14(3)29)20(37-16(5)31)11-21-27(23,8)40-21/h9,13,18-24,34H,10-11H2,1-8H3/b12-9-/t13-,18+,19+,20-,21-,22-,23+,24+,26-,27-,28-/m0/s1. The summed E-state index contributed by atoms with van der Waals surface area (Å²) in [7, 11) is 0. The predicted molar refractivity (Wildman–Crippen MR) is 134 cm³/mol. The minimum absolute atomic E-state index is 0.0611. The quantitative estimate of drug-likeness (QED) is 0.226. The molecular formula is C28H38O12. The van der Waals surface area contributed by atoms with Gasteiger partial charge in [-0.15, -0.1) is 0 Å². The molecule has 4 rings (SSSR count). The van der Waals surface area contributed by atoms with Crippen LogP contribution >= 0.6 is 0 Å². The fourth-order valence-corrected chi connectivity index (χ4v) is 7.14. The second-order valence-corrected chi connectivity index (χ2v) is 11.8. The highest BCUT2D eigenvalue weighted by Gasteiger charge is 2.78. The topological polar surface area (TPSA) is 164 Å². The molecule has 12 nitrogen and oxygen atoms in total. The zero-order chi connectivity index (χ0) is 29.9. The fourth-order valence-electron chi connectivity index (χ4n) is 7.14. The van der Waals surface area contributed by atoms with Gasteiger partial charge in [-0.1, -0.05) is 6.92 Å². The van der Waals surface area contributed by atoms with E-state index in [4.69, 9.17) is 28.4 Å². The molecule has 2 heterocycles. The van der Waals surface area contributed by atoms with Gasteiger partial charge in [-0.2, -0.15) is 0 Å². The monoisotopic (exact) mass is 566 g/mol. The average Bonchev–Trinajstić information content (AvgIpc) is 3.42. The number of aliphatic hydroxyl groups is 1. The third-order valence-corrected chi connectivity index (χ3v) is 9.15. The Morgan fingerprint density at radius 3 is 1.95 bits per heavy atom. The molecule has 40 heavy (non-hydrogen) atoms. The summed E-state index contributed by atoms with van der Waals surface area (Å²) in [4.78, 5) is 62.6. The molecule has 3 fully saturated rings. The number of hydrogen-bond acceptors (Lipinski definition) is 12. The van der Waals surface area contributed by atoms with E-state index in [0.29, 0.717) is 5.57 Å². The molecule has 0 aromatic rings. The molecule has 2 aliphatic heterocycles. The second kappa shape index (κ2) is 10.1. The van der Waals surface area contributed by atoms with Crippen LogP contribution in [0.15, 0.2) is 11.6 Å². The van der Waals surface area contributed by atoms with Crippen molar-refractivity contribution in [2.45, 2.75) is 116 Å². The van der Waals surface area contributed by atoms with Crippen LogP contribution in [0.2, 0.25) is 0 Å². The molecular weight excluding hydrogens is 528 g/mol. The van der Waals surface area contributed by atoms with Crippen molar-refractivity contribution in [2.75, 3.05) is 0 Å². The van der Waals surface area contributed by atoms with Crippen LogP contribution in [0.4, 0.5) is 0 Å². The second-order valence-electron chi connectivity index (χ2n) is 11.8. The minimum Gasteiger partial charge on any atom is -0.462 e. The van der Waals surface area contributed by atoms with E-state index in [1.165, 1.54) is 40.7 Å². The maximum absolute atomic E-state index is 13.0. The summed E-state index contributed by atoms with van der Waals surface area (Å²) < 4.78 is 35.0. The Labute approximate surface area is 232 Å². The molecule has 11 atom stereocenters. The van der Waals surface area contributed by atoms with Crippen LogP contribution in [0, 0.1) is 17.3 Å². The first-order valence-corrected chi connectivity index (χ1v) is 13.4. The summed E-state index contributed by atoms with van der Waals surface area (Å²) in [6.07, 6.45) is -4.52. The fraction of sp³-hybridized carbons (Fsp3) is 0.750. The number of carbonyl (C=O) groups excluding carboxylic acids is 5. The Balaban J connectivity index is 2.06. The number of esters is 5. The van der Waals surface area contributed by atoms with E-state index < -0.39 is 94.9 Å². The maximum atomic E-state index is 13.0. The molecule has 0 aromatic carbocycles. The summed E-state index contributed by atoms with van der Waals surface area (Å²) in [5.41, 5.74) is -4.12. The van der Waals surface area contributed by atoms with Crippen molar-refractivity contribution in [2.24, 2.45) is 17.3 Å². The van der Waals surface area contributed by atoms with Gasteiger partial charge in [0.05, 0.1) is 23.0 Å². The normalized spacial score (nSPS) is 45.2. The highest BCUT2D eigenvalue weighted by Crippen LogP contribution is 2.64. The molecule has 2 saturated heterocycles. The molecule has 2 aliphatic carbocycles. The Kier molecular flexibility index (Phi) is 7.59. The molecule has 0 radical (unpaired) electrons. The van der Waals surface area contributed by atoms with Gasteiger partial charge in [0, 0.05) is 46.5 Å². The minimum atomic E-state index is -2.12. The van der Waals surface area contributed by atoms with Crippen molar-refractivity contribution in [3.63, 3.8) is 0 Å². The van der Waals surface area contributed by atoms with E-state index in [1.807, 2.05) is 0 Å². The number of ether oxygens (including phenoxy) is 6. The first-order chi connectivity index (χ1) is 18.5. The lowest BCUT2D eigenvalue weighted by Gasteiger charge is -2.55. The largest absolute Gasteiger partial charge is 0.462 e. The number of carbonyl (C=O) groups is 5. The van der Waals surface area contributed by atoms with E-state index in [0.717, 1.165) is 0 Å². The summed E-state index contributed by atoms with van der Waals surface area (Å²) >= 11 is 0. The lowest BCUT2D eigenvalue weighted by atomic mass is 9.53. The lowest BCUT2D eigenvalue weighted by molar-refractivity contribution is -0.235. The zero-order valence-electron chi connectivity index (χ0n) is 24.0. The Morgan fingerprint density at radius 1 is 0.900 bits per heavy atom. The lowest BCUT2D eigenvalue weighted by Crippen LogP contribution is -2.69. The third-order valence-electron chi connectivity index (χ3n) is 9.15. The van der Waals surface area contributed by atoms with Crippen molar-refractivity contribution in [1.82, 2.24) is 0 Å². The zero-order valence-corrected chi connectivity index (χ0v) is 24.0. The van der Waals surface area contributed by atoms with Crippen LogP contribution < -0.4 is 0 Å². The molecule has 222 valence electrons. The van der Waals surface area contributed by atoms with Crippen LogP contribution in [-0.4, -0.2) is 82.8 Å². The summed E-state index contributed by atoms with van der Waals surface area (Å²) in [5, 5.41) is 12.5. The molecule has 0 bridgehead atoms. The van der Waals surface area contributed by atoms with Gasteiger partial charge < -0.3 is 33.5 Å². The van der Waals surface area contributed by atoms with Gasteiger partial charge in [-0.05, 0) is 32.4 Å². The summed E-state index contributed by atoms with van der Waals surface area (Å²) in [6, 6.07) is 0. The molecule has 0 unspecified atom stereocenters. The molecule has 1 N–H and O–H groups in total. The van der Waals surface area contributed by atoms with Crippen molar-refractivity contribution in [3.05, 3.63) is 11.6 Å². The van der Waals surface area contributed by atoms with Crippen molar-refractivity contribution in [1.29, 1.82) is 0 Å². The van der Waals surface area contributed by atoms with E-state index in [9.17, 15) is 29.1 Å². The van der Waals surface area contributed by atoms with Crippen LogP contribution in [-0.2, 0) is 52.4 Å². The van der Waals surface area contributed by atoms with Crippen LogP contribution in [0.5, 0.6) is 0 Å². The highest BCUT2D eigenvalue weighted by atomic mass is 16.6. The SMILES string of the molecule is CC(=O)O[C@H]1C[C@@H]2O[C@]2(C)[C@@H]2[C@@H](OC(C)=O)[C@@]3(O)[C@H](/C=C(/C)[C@H](OC(C)=O)C[C@@H](OC(C)=O)[C@@]12C)OC(=O)[C@@H]3C. The van der Waals surface area contributed by atoms with Gasteiger partial charge in [0.1, 0.15) is 24.4 Å². The number of hydrogen-bond donors (Lipinski definition) is 1. The van der Waals surface area contributed by atoms with E-state index in [-0.39, 0.29) is 12.8 Å². The van der Waals surface area contributed by atoms with Crippen molar-refractivity contribution < 1.29 is 57.5 Å². The molecule has 0 aromatic heterocycles. The molecule has 12 heteroatoms. The smallest absolute Gasteiger partial charge is 0.312 e. The van der Waals surface area contributed by atoms with Crippen LogP contribution in [0.25, 0.3) is 0 Å². The van der Waals surface area contributed by atoms with Gasteiger partial charge in [0.15, 0.2) is 11.7 Å². The molecule has 4 aliphatic rings. The number of epoxide rings is 1. The van der Waals surface area contributed by atoms with Crippen LogP contribution in [0.1, 0.15) is 68.2 Å². The summed E-state index contributed by atoms with van der Waals surface area (Å²) in [5.74, 6) is -5.46. The van der Waals surface area contributed by atoms with Gasteiger partial charge in [-0.25, -0.2) is 0 Å². The van der Waals surface area contributed by atoms with Crippen molar-refractivity contribution in [3.8, 4) is 0 Å². The molecule has 0 amide bonds. The Bertz CT molecular complexity index is 1150. The Morgan fingerprint density at radius 2 is 1.43 bits per heavy atom. The first kappa shape index (κ1) is 30.0. The van der Waals surface area contributed by atoms with Gasteiger partial charge in [0.2, 0.25) is 0 Å². The first-order valence-electron chi connectivity index (χ1n) is 13.4. The maximum Gasteiger partial charge on any atom is 0.312 e. The number of fused-ring (bicyclic) bond motifs is 4. The van der Waals surface area contributed by atoms with Crippen molar-refractivity contribution >= 4 is 29.8 Å². The summed E-state index contributed by atoms with van der Waals surface area (Å²) in [6.45, 7) is 11.5. The van der Waals surface area contributed by atoms with E-state index >= 15 is 0 Å². The van der Waals surface area contributed by atoms with E-state index in [2.05, 4.69) is 0 Å². The predicted octanol–water partition coefficient (Wildman–Crippen LogP) is 1.54. The van der Waals surface area contributed by atoms with E-state index in [1.54, 1.807) is 20.8 Å². The highest BCUT2D eigenvalue weighted by molar-refractivity contribution is 5.78. The molecule has 0 spiro atoms. The number of rotatable bonds is 4. The van der Waals surface area contributed by atoms with Gasteiger partial charge in [0.25, 0.3) is 0 Å². The van der Waals surface area contributed by atoms with Crippen LogP contribution in [0.3, 0.4) is 0 Å². The average molecular weight is 567 g/mol. The van der Waals surface area contributed by atoms with Gasteiger partial charge in [-0.3, -0.25) is 24.0 Å². The third kappa shape index (κ3) is 4.78. The molecule has 1 saturated carbocycles. The van der Waals surface area contributed by atoms with Gasteiger partial charge >= 0.3 is 29.8 Å². The Hall–Kier alpha value is -2.99.